The fourth-order valence-electron chi connectivity index (χ4n) is 2.78. The first-order chi connectivity index (χ1) is 16.6. The minimum atomic E-state index is -0.845. The van der Waals surface area contributed by atoms with Crippen molar-refractivity contribution in [2.75, 3.05) is 19.8 Å². The maximum absolute atomic E-state index is 10.6. The first-order valence-electron chi connectivity index (χ1n) is 11.7. The van der Waals surface area contributed by atoms with Crippen LogP contribution in [0.15, 0.2) is 48.5 Å². The molecule has 0 aromatic heterocycles. The van der Waals surface area contributed by atoms with Crippen LogP contribution in [0.1, 0.15) is 66.5 Å². The third-order valence-electron chi connectivity index (χ3n) is 4.75. The molecule has 2 aromatic carbocycles. The molecular weight excluding hydrogens is 452 g/mol. The third-order valence-corrected chi connectivity index (χ3v) is 4.75. The average molecular weight is 493 g/mol. The van der Waals surface area contributed by atoms with Gasteiger partial charge in [0.25, 0.3) is 0 Å². The number of carboxylic acids is 2. The van der Waals surface area contributed by atoms with Gasteiger partial charge in [-0.25, -0.2) is 9.59 Å². The molecular formula is C27H40O8. The second kappa shape index (κ2) is 18.5. The smallest absolute Gasteiger partial charge is 0.335 e. The molecule has 3 atom stereocenters. The van der Waals surface area contributed by atoms with Crippen molar-refractivity contribution in [3.05, 3.63) is 70.8 Å². The number of hydrogen-bond donors (Lipinski definition) is 4. The van der Waals surface area contributed by atoms with Gasteiger partial charge in [0, 0.05) is 0 Å². The lowest BCUT2D eigenvalue weighted by molar-refractivity contribution is -0.0620. The van der Waals surface area contributed by atoms with Crippen LogP contribution >= 0.6 is 0 Å². The fraction of sp³-hybridized carbons (Fsp3) is 0.481. The second-order valence-electron chi connectivity index (χ2n) is 7.95. The lowest BCUT2D eigenvalue weighted by atomic mass is 10.1. The Hall–Kier alpha value is -2.78. The Labute approximate surface area is 208 Å². The maximum atomic E-state index is 10.6. The van der Waals surface area contributed by atoms with Crippen LogP contribution in [0.3, 0.4) is 0 Å². The number of rotatable bonds is 11. The van der Waals surface area contributed by atoms with Crippen molar-refractivity contribution in [1.82, 2.24) is 0 Å². The van der Waals surface area contributed by atoms with Gasteiger partial charge in [0.05, 0.1) is 49.3 Å². The molecule has 2 rings (SSSR count). The van der Waals surface area contributed by atoms with Crippen molar-refractivity contribution in [1.29, 1.82) is 0 Å². The van der Waals surface area contributed by atoms with E-state index in [4.69, 9.17) is 29.9 Å². The molecule has 35 heavy (non-hydrogen) atoms. The van der Waals surface area contributed by atoms with E-state index >= 15 is 0 Å². The minimum absolute atomic E-state index is 0.0170. The molecule has 0 fully saturated rings. The maximum Gasteiger partial charge on any atom is 0.335 e. The zero-order valence-electron chi connectivity index (χ0n) is 21.3. The van der Waals surface area contributed by atoms with E-state index in [1.165, 1.54) is 0 Å². The van der Waals surface area contributed by atoms with Crippen molar-refractivity contribution in [3.8, 4) is 0 Å². The molecule has 0 spiro atoms. The summed E-state index contributed by atoms with van der Waals surface area (Å²) in [5.41, 5.74) is 2.60. The number of ether oxygens (including phenoxy) is 2. The first kappa shape index (κ1) is 32.2. The van der Waals surface area contributed by atoms with Crippen molar-refractivity contribution >= 4 is 11.9 Å². The zero-order valence-corrected chi connectivity index (χ0v) is 21.3. The molecule has 0 aliphatic rings. The Kier molecular flexibility index (Phi) is 17.1. The molecule has 0 radical (unpaired) electrons. The Morgan fingerprint density at radius 2 is 1.14 bits per heavy atom. The third kappa shape index (κ3) is 14.3. The molecule has 0 heterocycles. The molecule has 0 saturated carbocycles. The number of hydrogen-bond acceptors (Lipinski definition) is 6. The van der Waals surface area contributed by atoms with Crippen molar-refractivity contribution in [3.63, 3.8) is 0 Å². The Morgan fingerprint density at radius 3 is 1.46 bits per heavy atom. The monoisotopic (exact) mass is 492 g/mol. The lowest BCUT2D eigenvalue weighted by Crippen LogP contribution is -2.24. The van der Waals surface area contributed by atoms with Gasteiger partial charge in [-0.05, 0) is 56.9 Å². The highest BCUT2D eigenvalue weighted by atomic mass is 16.5. The molecule has 196 valence electrons. The Bertz CT molecular complexity index is 808. The summed E-state index contributed by atoms with van der Waals surface area (Å²) >= 11 is 0. The van der Waals surface area contributed by atoms with E-state index in [1.807, 2.05) is 45.0 Å². The molecule has 2 aromatic rings. The van der Waals surface area contributed by atoms with Crippen LogP contribution < -0.4 is 0 Å². The minimum Gasteiger partial charge on any atom is -0.478 e. The SMILES string of the molecule is CC(O)COC(C)COC(C)CO.CCc1ccccc1C(=O)O.CCc1ccccc1C(=O)O. The van der Waals surface area contributed by atoms with Gasteiger partial charge in [-0.1, -0.05) is 50.2 Å². The van der Waals surface area contributed by atoms with Crippen molar-refractivity contribution in [2.24, 2.45) is 0 Å². The quantitative estimate of drug-likeness (QED) is 0.369. The van der Waals surface area contributed by atoms with E-state index in [0.29, 0.717) is 24.3 Å². The highest BCUT2D eigenvalue weighted by Crippen LogP contribution is 2.09. The molecule has 3 unspecified atom stereocenters. The number of benzene rings is 2. The van der Waals surface area contributed by atoms with Gasteiger partial charge in [0.15, 0.2) is 0 Å². The highest BCUT2D eigenvalue weighted by Gasteiger charge is 2.08. The summed E-state index contributed by atoms with van der Waals surface area (Å²) in [7, 11) is 0. The number of carboxylic acid groups (broad SMARTS) is 2. The summed E-state index contributed by atoms with van der Waals surface area (Å²) < 4.78 is 10.5. The van der Waals surface area contributed by atoms with Gasteiger partial charge in [0.2, 0.25) is 0 Å². The summed E-state index contributed by atoms with van der Waals surface area (Å²) in [6.45, 7) is 10.00. The normalized spacial score (nSPS) is 12.8. The van der Waals surface area contributed by atoms with Gasteiger partial charge in [0.1, 0.15) is 0 Å². The van der Waals surface area contributed by atoms with Gasteiger partial charge in [-0.15, -0.1) is 0 Å². The summed E-state index contributed by atoms with van der Waals surface area (Å²) in [5, 5.41) is 35.0. The lowest BCUT2D eigenvalue weighted by Gasteiger charge is -2.16. The number of aryl methyl sites for hydroxylation is 2. The van der Waals surface area contributed by atoms with E-state index in [1.54, 1.807) is 38.1 Å². The van der Waals surface area contributed by atoms with Crippen LogP contribution in [0.4, 0.5) is 0 Å². The Morgan fingerprint density at radius 1 is 0.743 bits per heavy atom. The number of aromatic carboxylic acids is 2. The average Bonchev–Trinajstić information content (AvgIpc) is 2.86. The molecule has 4 N–H and O–H groups in total. The Balaban J connectivity index is 0.000000497. The van der Waals surface area contributed by atoms with E-state index in [2.05, 4.69) is 0 Å². The van der Waals surface area contributed by atoms with Gasteiger partial charge < -0.3 is 29.9 Å². The molecule has 0 bridgehead atoms. The molecule has 0 aliphatic heterocycles. The van der Waals surface area contributed by atoms with Crippen molar-refractivity contribution in [2.45, 2.75) is 65.8 Å². The summed E-state index contributed by atoms with van der Waals surface area (Å²) in [6.07, 6.45) is 0.879. The van der Waals surface area contributed by atoms with Crippen LogP contribution in [0.5, 0.6) is 0 Å². The number of aliphatic hydroxyl groups excluding tert-OH is 2. The van der Waals surface area contributed by atoms with E-state index < -0.39 is 18.0 Å². The van der Waals surface area contributed by atoms with E-state index in [0.717, 1.165) is 24.0 Å². The summed E-state index contributed by atoms with van der Waals surface area (Å²) in [4.78, 5) is 21.2. The molecule has 8 nitrogen and oxygen atoms in total. The predicted octanol–water partition coefficient (Wildman–Crippen LogP) is 4.06. The topological polar surface area (TPSA) is 134 Å². The van der Waals surface area contributed by atoms with Crippen LogP contribution in [-0.2, 0) is 22.3 Å². The summed E-state index contributed by atoms with van der Waals surface area (Å²) in [5.74, 6) is -1.69. The molecule has 0 amide bonds. The number of carbonyl (C=O) groups is 2. The van der Waals surface area contributed by atoms with Gasteiger partial charge >= 0.3 is 11.9 Å². The van der Waals surface area contributed by atoms with E-state index in [9.17, 15) is 9.59 Å². The highest BCUT2D eigenvalue weighted by molar-refractivity contribution is 5.89. The predicted molar refractivity (Wildman–Crippen MR) is 135 cm³/mol. The second-order valence-corrected chi connectivity index (χ2v) is 7.95. The van der Waals surface area contributed by atoms with Gasteiger partial charge in [-0.3, -0.25) is 0 Å². The summed E-state index contributed by atoms with van der Waals surface area (Å²) in [6, 6.07) is 14.1. The zero-order chi connectivity index (χ0) is 26.8. The van der Waals surface area contributed by atoms with E-state index in [-0.39, 0.29) is 18.8 Å². The first-order valence-corrected chi connectivity index (χ1v) is 11.7. The molecule has 0 aliphatic carbocycles. The van der Waals surface area contributed by atoms with Gasteiger partial charge in [-0.2, -0.15) is 0 Å². The standard InChI is InChI=1S/C9H20O4.2C9H10O2/c1-7(11)5-12-9(3)6-13-8(2)4-10;2*1-2-7-5-3-4-6-8(7)9(10)11/h7-11H,4-6H2,1-3H3;2*3-6H,2H2,1H3,(H,10,11). The van der Waals surface area contributed by atoms with Crippen LogP contribution in [-0.4, -0.2) is 70.5 Å². The van der Waals surface area contributed by atoms with Crippen LogP contribution in [0.25, 0.3) is 0 Å². The van der Waals surface area contributed by atoms with Crippen LogP contribution in [0, 0.1) is 0 Å². The van der Waals surface area contributed by atoms with Crippen LogP contribution in [0.2, 0.25) is 0 Å². The largest absolute Gasteiger partial charge is 0.478 e. The fourth-order valence-corrected chi connectivity index (χ4v) is 2.78. The number of aliphatic hydroxyl groups is 2. The molecule has 0 saturated heterocycles. The molecule has 8 heteroatoms. The van der Waals surface area contributed by atoms with Crippen molar-refractivity contribution < 1.29 is 39.5 Å².